The molecule has 1 heterocycles. The number of nitrogens with one attached hydrogen (secondary N) is 3. The van der Waals surface area contributed by atoms with Crippen molar-refractivity contribution >= 4 is 12.1 Å². The first-order valence-corrected chi connectivity index (χ1v) is 4.17. The first-order valence-electron chi connectivity index (χ1n) is 4.17. The number of carbonyl (C=O) groups excluding carboxylic acids is 2. The van der Waals surface area contributed by atoms with Gasteiger partial charge in [0.2, 0.25) is 0 Å². The molecule has 0 aromatic rings. The van der Waals surface area contributed by atoms with E-state index in [1.54, 1.807) is 6.92 Å². The maximum atomic E-state index is 10.8. The summed E-state index contributed by atoms with van der Waals surface area (Å²) < 4.78 is 4.65. The normalized spacial score (nSPS) is 20.4. The lowest BCUT2D eigenvalue weighted by Gasteiger charge is -2.09. The van der Waals surface area contributed by atoms with Crippen molar-refractivity contribution in [3.8, 4) is 0 Å². The summed E-state index contributed by atoms with van der Waals surface area (Å²) in [4.78, 5) is 21.5. The van der Waals surface area contributed by atoms with E-state index in [2.05, 4.69) is 20.7 Å². The van der Waals surface area contributed by atoms with E-state index in [1.165, 1.54) is 0 Å². The summed E-state index contributed by atoms with van der Waals surface area (Å²) in [7, 11) is 0. The van der Waals surface area contributed by atoms with Gasteiger partial charge in [-0.25, -0.2) is 9.59 Å². The van der Waals surface area contributed by atoms with Gasteiger partial charge < -0.3 is 20.7 Å². The second-order valence-corrected chi connectivity index (χ2v) is 2.65. The number of rotatable bonds is 3. The average Bonchev–Trinajstić information content (AvgIpc) is 2.49. The second kappa shape index (κ2) is 4.54. The van der Waals surface area contributed by atoms with Gasteiger partial charge in [-0.15, -0.1) is 0 Å². The minimum atomic E-state index is -0.455. The molecule has 1 fully saturated rings. The molecule has 1 aliphatic heterocycles. The molecule has 1 rings (SSSR count). The predicted octanol–water partition coefficient (Wildman–Crippen LogP) is -0.586. The number of urea groups is 1. The summed E-state index contributed by atoms with van der Waals surface area (Å²) in [5, 5.41) is 7.74. The van der Waals surface area contributed by atoms with Crippen LogP contribution in [0.15, 0.2) is 0 Å². The quantitative estimate of drug-likeness (QED) is 0.552. The van der Waals surface area contributed by atoms with Crippen molar-refractivity contribution in [1.29, 1.82) is 0 Å². The fourth-order valence-electron chi connectivity index (χ4n) is 1.02. The van der Waals surface area contributed by atoms with Crippen molar-refractivity contribution in [3.05, 3.63) is 0 Å². The Morgan fingerprint density at radius 1 is 1.77 bits per heavy atom. The summed E-state index contributed by atoms with van der Waals surface area (Å²) in [6, 6.07) is -0.243. The lowest BCUT2D eigenvalue weighted by Crippen LogP contribution is -2.39. The van der Waals surface area contributed by atoms with Gasteiger partial charge in [0.15, 0.2) is 0 Å². The molecule has 6 heteroatoms. The number of alkyl carbamates (subject to hydrolysis) is 1. The number of amides is 3. The molecule has 0 aliphatic carbocycles. The van der Waals surface area contributed by atoms with Crippen LogP contribution in [0.3, 0.4) is 0 Å². The van der Waals surface area contributed by atoms with Gasteiger partial charge in [0.25, 0.3) is 0 Å². The Balaban J connectivity index is 2.12. The summed E-state index contributed by atoms with van der Waals surface area (Å²) in [5.74, 6) is 0. The van der Waals surface area contributed by atoms with Crippen LogP contribution in [-0.4, -0.2) is 37.9 Å². The summed E-state index contributed by atoms with van der Waals surface area (Å²) in [6.45, 7) is 3.00. The highest BCUT2D eigenvalue weighted by Gasteiger charge is 2.19. The van der Waals surface area contributed by atoms with Gasteiger partial charge in [-0.1, -0.05) is 0 Å². The van der Waals surface area contributed by atoms with E-state index >= 15 is 0 Å². The topological polar surface area (TPSA) is 79.5 Å². The van der Waals surface area contributed by atoms with Crippen LogP contribution in [0.4, 0.5) is 9.59 Å². The molecule has 1 aliphatic rings. The Morgan fingerprint density at radius 2 is 2.54 bits per heavy atom. The standard InChI is InChI=1S/C7H13N3O3/c1-2-13-7(12)9-4-5-3-8-6(11)10-5/h5H,2-4H2,1H3,(H,9,12)(H2,8,10,11). The van der Waals surface area contributed by atoms with Gasteiger partial charge in [0, 0.05) is 13.1 Å². The molecule has 1 saturated heterocycles. The van der Waals surface area contributed by atoms with Gasteiger partial charge in [-0.2, -0.15) is 0 Å². The van der Waals surface area contributed by atoms with Crippen LogP contribution >= 0.6 is 0 Å². The third-order valence-electron chi connectivity index (χ3n) is 1.61. The third kappa shape index (κ3) is 3.18. The molecule has 0 saturated carbocycles. The van der Waals surface area contributed by atoms with Crippen molar-refractivity contribution < 1.29 is 14.3 Å². The monoisotopic (exact) mass is 187 g/mol. The van der Waals surface area contributed by atoms with Crippen LogP contribution in [0.1, 0.15) is 6.92 Å². The van der Waals surface area contributed by atoms with Crippen molar-refractivity contribution in [3.63, 3.8) is 0 Å². The minimum absolute atomic E-state index is 0.0445. The van der Waals surface area contributed by atoms with E-state index in [9.17, 15) is 9.59 Å². The Labute approximate surface area is 76.0 Å². The molecule has 1 atom stereocenters. The number of hydrogen-bond acceptors (Lipinski definition) is 3. The number of ether oxygens (including phenoxy) is 1. The van der Waals surface area contributed by atoms with Crippen LogP contribution in [0.2, 0.25) is 0 Å². The van der Waals surface area contributed by atoms with Crippen LogP contribution < -0.4 is 16.0 Å². The van der Waals surface area contributed by atoms with E-state index in [0.717, 1.165) is 0 Å². The first-order chi connectivity index (χ1) is 6.22. The first kappa shape index (κ1) is 9.63. The fourth-order valence-corrected chi connectivity index (χ4v) is 1.02. The molecule has 13 heavy (non-hydrogen) atoms. The molecule has 0 aromatic carbocycles. The Kier molecular flexibility index (Phi) is 3.36. The van der Waals surface area contributed by atoms with Crippen LogP contribution in [0.25, 0.3) is 0 Å². The zero-order valence-electron chi connectivity index (χ0n) is 7.42. The largest absolute Gasteiger partial charge is 0.450 e. The van der Waals surface area contributed by atoms with Gasteiger partial charge in [-0.05, 0) is 6.92 Å². The number of carbonyl (C=O) groups is 2. The van der Waals surface area contributed by atoms with E-state index in [0.29, 0.717) is 19.7 Å². The molecule has 0 aromatic heterocycles. The summed E-state index contributed by atoms with van der Waals surface area (Å²) >= 11 is 0. The molecular weight excluding hydrogens is 174 g/mol. The molecular formula is C7H13N3O3. The Hall–Kier alpha value is -1.46. The molecule has 0 spiro atoms. The van der Waals surface area contributed by atoms with E-state index in [4.69, 9.17) is 0 Å². The third-order valence-corrected chi connectivity index (χ3v) is 1.61. The lowest BCUT2D eigenvalue weighted by molar-refractivity contribution is 0.151. The zero-order valence-corrected chi connectivity index (χ0v) is 7.42. The average molecular weight is 187 g/mol. The molecule has 0 radical (unpaired) electrons. The maximum absolute atomic E-state index is 10.8. The minimum Gasteiger partial charge on any atom is -0.450 e. The molecule has 74 valence electrons. The molecule has 3 N–H and O–H groups in total. The predicted molar refractivity (Wildman–Crippen MR) is 45.3 cm³/mol. The van der Waals surface area contributed by atoms with Crippen LogP contribution in [-0.2, 0) is 4.74 Å². The van der Waals surface area contributed by atoms with Crippen molar-refractivity contribution in [2.75, 3.05) is 19.7 Å². The lowest BCUT2D eigenvalue weighted by atomic mass is 10.3. The van der Waals surface area contributed by atoms with Gasteiger partial charge in [0.05, 0.1) is 12.6 Å². The molecule has 6 nitrogen and oxygen atoms in total. The Morgan fingerprint density at radius 3 is 3.08 bits per heavy atom. The van der Waals surface area contributed by atoms with E-state index < -0.39 is 6.09 Å². The smallest absolute Gasteiger partial charge is 0.407 e. The SMILES string of the molecule is CCOC(=O)NCC1CNC(=O)N1. The van der Waals surface area contributed by atoms with E-state index in [-0.39, 0.29) is 12.1 Å². The highest BCUT2D eigenvalue weighted by Crippen LogP contribution is 1.88. The zero-order chi connectivity index (χ0) is 9.68. The van der Waals surface area contributed by atoms with Crippen LogP contribution in [0.5, 0.6) is 0 Å². The second-order valence-electron chi connectivity index (χ2n) is 2.65. The van der Waals surface area contributed by atoms with Crippen molar-refractivity contribution in [2.45, 2.75) is 13.0 Å². The summed E-state index contributed by atoms with van der Waals surface area (Å²) in [6.07, 6.45) is -0.455. The van der Waals surface area contributed by atoms with Gasteiger partial charge in [0.1, 0.15) is 0 Å². The maximum Gasteiger partial charge on any atom is 0.407 e. The number of hydrogen-bond donors (Lipinski definition) is 3. The Bertz CT molecular complexity index is 207. The highest BCUT2D eigenvalue weighted by atomic mass is 16.5. The molecule has 3 amide bonds. The molecule has 0 bridgehead atoms. The molecule has 1 unspecified atom stereocenters. The fraction of sp³-hybridized carbons (Fsp3) is 0.714. The highest BCUT2D eigenvalue weighted by molar-refractivity contribution is 5.76. The van der Waals surface area contributed by atoms with E-state index in [1.807, 2.05) is 0 Å². The van der Waals surface area contributed by atoms with Gasteiger partial charge in [-0.3, -0.25) is 0 Å². The van der Waals surface area contributed by atoms with Crippen molar-refractivity contribution in [2.24, 2.45) is 0 Å². The van der Waals surface area contributed by atoms with Crippen LogP contribution in [0, 0.1) is 0 Å². The summed E-state index contributed by atoms with van der Waals surface area (Å²) in [5.41, 5.74) is 0. The van der Waals surface area contributed by atoms with Gasteiger partial charge >= 0.3 is 12.1 Å². The van der Waals surface area contributed by atoms with Crippen molar-refractivity contribution in [1.82, 2.24) is 16.0 Å².